The highest BCUT2D eigenvalue weighted by atomic mass is 16.5. The molecule has 8 heteroatoms. The summed E-state index contributed by atoms with van der Waals surface area (Å²) >= 11 is 0. The van der Waals surface area contributed by atoms with Gasteiger partial charge in [0.25, 0.3) is 0 Å². The van der Waals surface area contributed by atoms with Crippen LogP contribution in [0.25, 0.3) is 11.0 Å². The number of benzene rings is 3. The predicted octanol–water partition coefficient (Wildman–Crippen LogP) is 5.81. The first kappa shape index (κ1) is 31.3. The van der Waals surface area contributed by atoms with Gasteiger partial charge in [-0.05, 0) is 81.5 Å². The van der Waals surface area contributed by atoms with E-state index in [1.807, 2.05) is 74.0 Å². The van der Waals surface area contributed by atoms with Gasteiger partial charge in [0.15, 0.2) is 0 Å². The molecule has 0 fully saturated rings. The number of ether oxygens (including phenoxy) is 2. The number of esters is 1. The van der Waals surface area contributed by atoms with Crippen molar-refractivity contribution in [2.45, 2.75) is 66.2 Å². The number of likely N-dealkylation sites (N-methyl/N-ethyl adjacent to an activating group) is 1. The van der Waals surface area contributed by atoms with Gasteiger partial charge in [-0.2, -0.15) is 0 Å². The summed E-state index contributed by atoms with van der Waals surface area (Å²) < 4.78 is 13.6. The standard InChI is InChI=1S/C34H44N4O4/c1-6-29(21-28-14-13-24(2)30(22-28)26(4)39)34(40)42-32-16-15-31-33(25(32)3)35-36-38(31)19-18-37(5)17-10-20-41-23-27-11-8-7-9-12-27/h7-9,11-16,22,26,29,39H,6,10,17-21,23H2,1-5H3/t26-,29?/m0/s1. The predicted molar refractivity (Wildman–Crippen MR) is 165 cm³/mol. The highest BCUT2D eigenvalue weighted by Crippen LogP contribution is 2.28. The maximum Gasteiger partial charge on any atom is 0.314 e. The lowest BCUT2D eigenvalue weighted by Crippen LogP contribution is -2.25. The molecule has 42 heavy (non-hydrogen) atoms. The number of carbonyl (C=O) groups is 1. The summed E-state index contributed by atoms with van der Waals surface area (Å²) in [7, 11) is 2.10. The second-order valence-corrected chi connectivity index (χ2v) is 11.2. The highest BCUT2D eigenvalue weighted by Gasteiger charge is 2.22. The maximum absolute atomic E-state index is 13.2. The fraction of sp³-hybridized carbons (Fsp3) is 0.441. The molecule has 1 aromatic heterocycles. The Balaban J connectivity index is 1.29. The van der Waals surface area contributed by atoms with Crippen molar-refractivity contribution in [3.8, 4) is 5.75 Å². The van der Waals surface area contributed by atoms with Crippen LogP contribution in [0.2, 0.25) is 0 Å². The number of carbonyl (C=O) groups excluding carboxylic acids is 1. The Kier molecular flexibility index (Phi) is 11.2. The van der Waals surface area contributed by atoms with Crippen LogP contribution in [0.3, 0.4) is 0 Å². The Labute approximate surface area is 249 Å². The number of fused-ring (bicyclic) bond motifs is 1. The van der Waals surface area contributed by atoms with Crippen molar-refractivity contribution in [1.82, 2.24) is 19.9 Å². The molecule has 4 aromatic rings. The van der Waals surface area contributed by atoms with E-state index < -0.39 is 6.10 Å². The van der Waals surface area contributed by atoms with Crippen molar-refractivity contribution < 1.29 is 19.4 Å². The van der Waals surface area contributed by atoms with Crippen molar-refractivity contribution in [1.29, 1.82) is 0 Å². The molecular formula is C34H44N4O4. The fourth-order valence-electron chi connectivity index (χ4n) is 5.14. The molecule has 0 saturated heterocycles. The van der Waals surface area contributed by atoms with E-state index in [1.54, 1.807) is 6.92 Å². The topological polar surface area (TPSA) is 89.7 Å². The van der Waals surface area contributed by atoms with Gasteiger partial charge in [-0.25, -0.2) is 4.68 Å². The average molecular weight is 573 g/mol. The molecule has 3 aromatic carbocycles. The third-order valence-electron chi connectivity index (χ3n) is 7.84. The van der Waals surface area contributed by atoms with Crippen molar-refractivity contribution in [3.05, 3.63) is 88.5 Å². The zero-order chi connectivity index (χ0) is 30.1. The molecule has 0 spiro atoms. The molecule has 0 bridgehead atoms. The van der Waals surface area contributed by atoms with Gasteiger partial charge in [-0.1, -0.05) is 60.7 Å². The number of nitrogens with zero attached hydrogens (tertiary/aromatic N) is 4. The Morgan fingerprint density at radius 1 is 1.05 bits per heavy atom. The van der Waals surface area contributed by atoms with Crippen molar-refractivity contribution >= 4 is 17.0 Å². The van der Waals surface area contributed by atoms with E-state index in [9.17, 15) is 9.90 Å². The molecule has 1 heterocycles. The van der Waals surface area contributed by atoms with Gasteiger partial charge >= 0.3 is 5.97 Å². The Morgan fingerprint density at radius 2 is 1.83 bits per heavy atom. The number of rotatable bonds is 15. The summed E-state index contributed by atoms with van der Waals surface area (Å²) in [6.45, 7) is 11.5. The normalized spacial score (nSPS) is 13.0. The van der Waals surface area contributed by atoms with Crippen molar-refractivity contribution in [3.63, 3.8) is 0 Å². The average Bonchev–Trinajstić information content (AvgIpc) is 3.41. The van der Waals surface area contributed by atoms with Crippen molar-refractivity contribution in [2.75, 3.05) is 26.7 Å². The van der Waals surface area contributed by atoms with Gasteiger partial charge < -0.3 is 19.5 Å². The van der Waals surface area contributed by atoms with Crippen LogP contribution in [0.4, 0.5) is 0 Å². The molecule has 0 aliphatic heterocycles. The molecule has 0 saturated carbocycles. The molecule has 224 valence electrons. The number of aryl methyl sites for hydroxylation is 2. The van der Waals surface area contributed by atoms with Gasteiger partial charge in [0.05, 0.1) is 30.7 Å². The molecule has 2 atom stereocenters. The van der Waals surface area contributed by atoms with Gasteiger partial charge in [0.2, 0.25) is 0 Å². The van der Waals surface area contributed by atoms with Gasteiger partial charge in [0.1, 0.15) is 11.3 Å². The smallest absolute Gasteiger partial charge is 0.314 e. The zero-order valence-electron chi connectivity index (χ0n) is 25.5. The van der Waals surface area contributed by atoms with E-state index in [1.165, 1.54) is 5.56 Å². The Bertz CT molecular complexity index is 1450. The fourth-order valence-corrected chi connectivity index (χ4v) is 5.14. The second-order valence-electron chi connectivity index (χ2n) is 11.2. The lowest BCUT2D eigenvalue weighted by molar-refractivity contribution is -0.139. The summed E-state index contributed by atoms with van der Waals surface area (Å²) in [5.41, 5.74) is 6.60. The summed E-state index contributed by atoms with van der Waals surface area (Å²) in [5.74, 6) is -0.0420. The number of hydrogen-bond donors (Lipinski definition) is 1. The van der Waals surface area contributed by atoms with E-state index in [0.717, 1.165) is 59.4 Å². The zero-order valence-corrected chi connectivity index (χ0v) is 25.5. The summed E-state index contributed by atoms with van der Waals surface area (Å²) in [5, 5.41) is 18.9. The van der Waals surface area contributed by atoms with Gasteiger partial charge in [-0.15, -0.1) is 5.10 Å². The molecule has 1 N–H and O–H groups in total. The molecule has 0 amide bonds. The summed E-state index contributed by atoms with van der Waals surface area (Å²) in [6.07, 6.45) is 1.62. The quantitative estimate of drug-likeness (QED) is 0.109. The number of aromatic nitrogens is 3. The molecule has 0 aliphatic rings. The van der Waals surface area contributed by atoms with E-state index in [-0.39, 0.29) is 11.9 Å². The first-order valence-corrected chi connectivity index (χ1v) is 14.9. The Morgan fingerprint density at radius 3 is 2.57 bits per heavy atom. The minimum atomic E-state index is -0.551. The molecule has 0 aliphatic carbocycles. The first-order valence-electron chi connectivity index (χ1n) is 14.9. The number of aliphatic hydroxyl groups excluding tert-OH is 1. The van der Waals surface area contributed by atoms with E-state index >= 15 is 0 Å². The van der Waals surface area contributed by atoms with Crippen LogP contribution >= 0.6 is 0 Å². The second kappa shape index (κ2) is 15.0. The van der Waals surface area contributed by atoms with E-state index in [4.69, 9.17) is 9.47 Å². The third kappa shape index (κ3) is 8.25. The molecule has 4 rings (SSSR count). The summed E-state index contributed by atoms with van der Waals surface area (Å²) in [4.78, 5) is 15.4. The lowest BCUT2D eigenvalue weighted by atomic mass is 9.93. The van der Waals surface area contributed by atoms with E-state index in [2.05, 4.69) is 34.4 Å². The van der Waals surface area contributed by atoms with Crippen LogP contribution in [0.15, 0.2) is 60.7 Å². The van der Waals surface area contributed by atoms with Gasteiger partial charge in [0, 0.05) is 25.3 Å². The molecular weight excluding hydrogens is 528 g/mol. The Hall–Kier alpha value is -3.59. The van der Waals surface area contributed by atoms with E-state index in [0.29, 0.717) is 31.7 Å². The minimum absolute atomic E-state index is 0.263. The van der Waals surface area contributed by atoms with Crippen LogP contribution in [0, 0.1) is 19.8 Å². The van der Waals surface area contributed by atoms with Crippen LogP contribution in [0.5, 0.6) is 5.75 Å². The van der Waals surface area contributed by atoms with Crippen LogP contribution < -0.4 is 4.74 Å². The minimum Gasteiger partial charge on any atom is -0.426 e. The number of aliphatic hydroxyl groups is 1. The van der Waals surface area contributed by atoms with Crippen LogP contribution in [-0.2, 0) is 29.1 Å². The van der Waals surface area contributed by atoms with Crippen LogP contribution in [0.1, 0.15) is 60.6 Å². The van der Waals surface area contributed by atoms with Gasteiger partial charge in [-0.3, -0.25) is 4.79 Å². The third-order valence-corrected chi connectivity index (χ3v) is 7.84. The monoisotopic (exact) mass is 572 g/mol. The molecule has 1 unspecified atom stereocenters. The highest BCUT2D eigenvalue weighted by molar-refractivity contribution is 5.83. The SMILES string of the molecule is CCC(Cc1ccc(C)c([C@H](C)O)c1)C(=O)Oc1ccc2c(nnn2CCN(C)CCCOCc2ccccc2)c1C. The van der Waals surface area contributed by atoms with Crippen molar-refractivity contribution in [2.24, 2.45) is 5.92 Å². The lowest BCUT2D eigenvalue weighted by Gasteiger charge is -2.17. The number of hydrogen-bond acceptors (Lipinski definition) is 7. The molecule has 8 nitrogen and oxygen atoms in total. The largest absolute Gasteiger partial charge is 0.426 e. The maximum atomic E-state index is 13.2. The van der Waals surface area contributed by atoms with Crippen LogP contribution in [-0.4, -0.2) is 57.7 Å². The first-order chi connectivity index (χ1) is 20.3. The summed E-state index contributed by atoms with van der Waals surface area (Å²) in [6, 6.07) is 20.0. The molecule has 0 radical (unpaired) electrons.